The van der Waals surface area contributed by atoms with Gasteiger partial charge < -0.3 is 15.0 Å². The molecule has 2 rings (SSSR count). The second-order valence-corrected chi connectivity index (χ2v) is 5.97. The predicted octanol–water partition coefficient (Wildman–Crippen LogP) is 1.97. The van der Waals surface area contributed by atoms with E-state index in [2.05, 4.69) is 15.0 Å². The topological polar surface area (TPSA) is 82.1 Å². The van der Waals surface area contributed by atoms with E-state index in [0.29, 0.717) is 22.9 Å². The first-order valence-electron chi connectivity index (χ1n) is 6.57. The first kappa shape index (κ1) is 17.4. The minimum atomic E-state index is -5.02. The molecule has 6 nitrogen and oxygen atoms in total. The van der Waals surface area contributed by atoms with Crippen LogP contribution in [0.3, 0.4) is 0 Å². The second kappa shape index (κ2) is 6.28. The minimum absolute atomic E-state index is 0.0106. The van der Waals surface area contributed by atoms with Gasteiger partial charge in [0.1, 0.15) is 10.8 Å². The van der Waals surface area contributed by atoms with Crippen molar-refractivity contribution >= 4 is 17.2 Å². The molecule has 0 aliphatic heterocycles. The fourth-order valence-electron chi connectivity index (χ4n) is 1.89. The monoisotopic (exact) mass is 348 g/mol. The Hall–Kier alpha value is -1.94. The SMILES string of the molecule is Cc1csc([C@@](O)(CC(=O)N(C)Cc2ncc[nH]2)C(F)(F)F)n1. The standard InChI is InChI=1S/C13H15F3N4O2S/c1-8-7-23-11(19-8)12(22,13(14,15)16)5-10(21)20(2)6-9-17-3-4-18-9/h3-4,7,22H,5-6H2,1-2H3,(H,17,18)/t12-/m0/s1. The highest BCUT2D eigenvalue weighted by Gasteiger charge is 2.58. The third-order valence-electron chi connectivity index (χ3n) is 3.22. The molecule has 0 spiro atoms. The van der Waals surface area contributed by atoms with Crippen molar-refractivity contribution in [3.8, 4) is 0 Å². The summed E-state index contributed by atoms with van der Waals surface area (Å²) in [6, 6.07) is 0. The van der Waals surface area contributed by atoms with Gasteiger partial charge in [0, 0.05) is 30.5 Å². The molecule has 1 amide bonds. The molecule has 0 fully saturated rings. The van der Waals surface area contributed by atoms with Crippen molar-refractivity contribution < 1.29 is 23.1 Å². The molecule has 0 aromatic carbocycles. The quantitative estimate of drug-likeness (QED) is 0.866. The Morgan fingerprint density at radius 2 is 2.17 bits per heavy atom. The van der Waals surface area contributed by atoms with Gasteiger partial charge in [-0.1, -0.05) is 0 Å². The summed E-state index contributed by atoms with van der Waals surface area (Å²) in [7, 11) is 1.34. The number of halogens is 3. The summed E-state index contributed by atoms with van der Waals surface area (Å²) < 4.78 is 40.0. The number of hydrogen-bond acceptors (Lipinski definition) is 5. The van der Waals surface area contributed by atoms with Gasteiger partial charge in [-0.3, -0.25) is 4.79 Å². The van der Waals surface area contributed by atoms with Crippen LogP contribution in [0, 0.1) is 6.92 Å². The van der Waals surface area contributed by atoms with E-state index in [1.807, 2.05) is 0 Å². The maximum Gasteiger partial charge on any atom is 0.424 e. The van der Waals surface area contributed by atoms with E-state index in [-0.39, 0.29) is 6.54 Å². The zero-order valence-corrected chi connectivity index (χ0v) is 13.2. The number of carbonyl (C=O) groups is 1. The van der Waals surface area contributed by atoms with Crippen LogP contribution in [0.1, 0.15) is 22.9 Å². The maximum absolute atomic E-state index is 13.3. The molecule has 2 heterocycles. The molecule has 23 heavy (non-hydrogen) atoms. The lowest BCUT2D eigenvalue weighted by Gasteiger charge is -2.29. The number of aryl methyl sites for hydroxylation is 1. The Balaban J connectivity index is 2.19. The summed E-state index contributed by atoms with van der Waals surface area (Å²) in [4.78, 5) is 23.5. The highest BCUT2D eigenvalue weighted by molar-refractivity contribution is 7.09. The molecule has 1 atom stereocenters. The third kappa shape index (κ3) is 3.70. The molecule has 0 unspecified atom stereocenters. The van der Waals surface area contributed by atoms with E-state index < -0.39 is 29.1 Å². The number of aliphatic hydroxyl groups is 1. The van der Waals surface area contributed by atoms with Crippen molar-refractivity contribution in [2.45, 2.75) is 31.7 Å². The number of amides is 1. The number of nitrogens with zero attached hydrogens (tertiary/aromatic N) is 3. The Morgan fingerprint density at radius 3 is 2.65 bits per heavy atom. The van der Waals surface area contributed by atoms with Crippen LogP contribution in [0.4, 0.5) is 13.2 Å². The lowest BCUT2D eigenvalue weighted by Crippen LogP contribution is -2.46. The van der Waals surface area contributed by atoms with Crippen LogP contribution in [-0.2, 0) is 16.9 Å². The van der Waals surface area contributed by atoms with Gasteiger partial charge in [-0.25, -0.2) is 9.97 Å². The van der Waals surface area contributed by atoms with E-state index >= 15 is 0 Å². The average Bonchev–Trinajstić information content (AvgIpc) is 3.08. The molecule has 0 bridgehead atoms. The van der Waals surface area contributed by atoms with Gasteiger partial charge in [-0.15, -0.1) is 11.3 Å². The fraction of sp³-hybridized carbons (Fsp3) is 0.462. The number of aromatic amines is 1. The number of rotatable bonds is 5. The fourth-order valence-corrected chi connectivity index (χ4v) is 2.81. The van der Waals surface area contributed by atoms with Gasteiger partial charge in [0.05, 0.1) is 13.0 Å². The number of imidazole rings is 1. The van der Waals surface area contributed by atoms with E-state index in [4.69, 9.17) is 0 Å². The smallest absolute Gasteiger partial charge is 0.374 e. The van der Waals surface area contributed by atoms with E-state index in [0.717, 1.165) is 4.90 Å². The van der Waals surface area contributed by atoms with Crippen molar-refractivity contribution in [1.29, 1.82) is 0 Å². The molecule has 0 saturated heterocycles. The van der Waals surface area contributed by atoms with Gasteiger partial charge in [-0.2, -0.15) is 13.2 Å². The summed E-state index contributed by atoms with van der Waals surface area (Å²) in [5.74, 6) is -0.435. The lowest BCUT2D eigenvalue weighted by atomic mass is 9.99. The summed E-state index contributed by atoms with van der Waals surface area (Å²) in [5, 5.41) is 11.0. The first-order chi connectivity index (χ1) is 10.6. The summed E-state index contributed by atoms with van der Waals surface area (Å²) in [6.07, 6.45) is -3.14. The first-order valence-corrected chi connectivity index (χ1v) is 7.45. The number of aromatic nitrogens is 3. The molecule has 0 radical (unpaired) electrons. The van der Waals surface area contributed by atoms with Crippen LogP contribution in [0.5, 0.6) is 0 Å². The molecule has 0 aliphatic carbocycles. The Morgan fingerprint density at radius 1 is 1.48 bits per heavy atom. The molecule has 2 aromatic heterocycles. The normalized spacial score (nSPS) is 14.5. The average molecular weight is 348 g/mol. The van der Waals surface area contributed by atoms with Crippen LogP contribution < -0.4 is 0 Å². The van der Waals surface area contributed by atoms with E-state index in [9.17, 15) is 23.1 Å². The van der Waals surface area contributed by atoms with Crippen molar-refractivity contribution in [3.05, 3.63) is 34.3 Å². The van der Waals surface area contributed by atoms with Crippen LogP contribution in [0.2, 0.25) is 0 Å². The molecule has 10 heteroatoms. The Bertz CT molecular complexity index is 671. The van der Waals surface area contributed by atoms with Gasteiger partial charge in [0.15, 0.2) is 0 Å². The third-order valence-corrected chi connectivity index (χ3v) is 4.33. The number of thiazole rings is 1. The van der Waals surface area contributed by atoms with Gasteiger partial charge >= 0.3 is 6.18 Å². The molecule has 2 N–H and O–H groups in total. The Labute approximate surface area is 134 Å². The zero-order chi connectivity index (χ0) is 17.3. The molecule has 0 aliphatic rings. The van der Waals surface area contributed by atoms with Gasteiger partial charge in [0.2, 0.25) is 11.5 Å². The summed E-state index contributed by atoms with van der Waals surface area (Å²) in [5.41, 5.74) is -2.95. The number of hydrogen-bond donors (Lipinski definition) is 2. The van der Waals surface area contributed by atoms with Crippen LogP contribution in [0.15, 0.2) is 17.8 Å². The Kier molecular flexibility index (Phi) is 4.76. The van der Waals surface area contributed by atoms with Crippen LogP contribution in [-0.4, -0.2) is 44.1 Å². The molecular formula is C13H15F3N4O2S. The number of H-pyrrole nitrogens is 1. The highest BCUT2D eigenvalue weighted by Crippen LogP contribution is 2.43. The molecule has 2 aromatic rings. The largest absolute Gasteiger partial charge is 0.424 e. The molecular weight excluding hydrogens is 333 g/mol. The summed E-state index contributed by atoms with van der Waals surface area (Å²) in [6.45, 7) is 1.53. The maximum atomic E-state index is 13.3. The molecule has 0 saturated carbocycles. The lowest BCUT2D eigenvalue weighted by molar-refractivity contribution is -0.268. The van der Waals surface area contributed by atoms with Crippen molar-refractivity contribution in [1.82, 2.24) is 19.9 Å². The number of nitrogens with one attached hydrogen (secondary N) is 1. The number of carbonyl (C=O) groups excluding carboxylic acids is 1. The predicted molar refractivity (Wildman–Crippen MR) is 76.5 cm³/mol. The zero-order valence-electron chi connectivity index (χ0n) is 12.4. The minimum Gasteiger partial charge on any atom is -0.374 e. The highest BCUT2D eigenvalue weighted by atomic mass is 32.1. The van der Waals surface area contributed by atoms with E-state index in [1.165, 1.54) is 31.7 Å². The van der Waals surface area contributed by atoms with Crippen LogP contribution >= 0.6 is 11.3 Å². The summed E-state index contributed by atoms with van der Waals surface area (Å²) >= 11 is 0.672. The van der Waals surface area contributed by atoms with Crippen molar-refractivity contribution in [2.24, 2.45) is 0 Å². The van der Waals surface area contributed by atoms with Gasteiger partial charge in [-0.05, 0) is 6.92 Å². The van der Waals surface area contributed by atoms with Crippen molar-refractivity contribution in [2.75, 3.05) is 7.05 Å². The van der Waals surface area contributed by atoms with Crippen molar-refractivity contribution in [3.63, 3.8) is 0 Å². The second-order valence-electron chi connectivity index (χ2n) is 5.11. The number of alkyl halides is 3. The van der Waals surface area contributed by atoms with Crippen LogP contribution in [0.25, 0.3) is 0 Å². The molecule has 126 valence electrons. The van der Waals surface area contributed by atoms with Gasteiger partial charge in [0.25, 0.3) is 0 Å². The van der Waals surface area contributed by atoms with E-state index in [1.54, 1.807) is 0 Å².